The maximum Gasteiger partial charge on any atom is 0.252 e. The van der Waals surface area contributed by atoms with Crippen molar-refractivity contribution in [3.8, 4) is 0 Å². The molecule has 2 atom stereocenters. The Kier molecular flexibility index (Phi) is 3.76. The molecular formula is C24H28N4O2. The number of pyridine rings is 1. The number of aliphatic hydroxyl groups excluding tert-OH is 1. The average molecular weight is 405 g/mol. The number of hydrogen-bond donors (Lipinski definition) is 2. The summed E-state index contributed by atoms with van der Waals surface area (Å²) in [5.74, 6) is 1.77. The number of rotatable bonds is 3. The highest BCUT2D eigenvalue weighted by Gasteiger charge is 2.45. The summed E-state index contributed by atoms with van der Waals surface area (Å²) in [5.41, 5.74) is 11.7. The molecule has 30 heavy (non-hydrogen) atoms. The van der Waals surface area contributed by atoms with E-state index in [0.717, 1.165) is 49.8 Å². The van der Waals surface area contributed by atoms with Crippen LogP contribution >= 0.6 is 0 Å². The fourth-order valence-corrected chi connectivity index (χ4v) is 6.21. The number of piperidine rings is 1. The van der Waals surface area contributed by atoms with Crippen molar-refractivity contribution in [2.75, 3.05) is 24.6 Å². The molecule has 6 rings (SSSR count). The average Bonchev–Trinajstić information content (AvgIpc) is 3.46. The minimum Gasteiger partial charge on any atom is -0.396 e. The summed E-state index contributed by atoms with van der Waals surface area (Å²) in [6, 6.07) is 8.12. The molecule has 1 saturated heterocycles. The van der Waals surface area contributed by atoms with E-state index in [1.165, 1.54) is 23.4 Å². The van der Waals surface area contributed by atoms with Crippen LogP contribution in [0.5, 0.6) is 0 Å². The lowest BCUT2D eigenvalue weighted by Gasteiger charge is -2.41. The summed E-state index contributed by atoms with van der Waals surface area (Å²) < 4.78 is 2.20. The van der Waals surface area contributed by atoms with Crippen molar-refractivity contribution >= 4 is 28.4 Å². The molecule has 3 aliphatic rings. The molecule has 1 aromatic carbocycles. The zero-order valence-corrected chi connectivity index (χ0v) is 17.4. The zero-order chi connectivity index (χ0) is 20.6. The van der Waals surface area contributed by atoms with Gasteiger partial charge in [0.05, 0.1) is 16.6 Å². The summed E-state index contributed by atoms with van der Waals surface area (Å²) in [6.45, 7) is 4.21. The monoisotopic (exact) mass is 404 g/mol. The molecule has 3 aromatic rings. The maximum absolute atomic E-state index is 12.7. The highest BCUT2D eigenvalue weighted by atomic mass is 16.3. The van der Waals surface area contributed by atoms with Gasteiger partial charge in [-0.05, 0) is 67.1 Å². The van der Waals surface area contributed by atoms with Gasteiger partial charge in [0.2, 0.25) is 0 Å². The number of nitrogens with two attached hydrogens (primary N) is 1. The van der Waals surface area contributed by atoms with Crippen molar-refractivity contribution in [2.24, 2.45) is 11.1 Å². The van der Waals surface area contributed by atoms with Gasteiger partial charge in [-0.3, -0.25) is 9.20 Å². The molecule has 2 aromatic heterocycles. The summed E-state index contributed by atoms with van der Waals surface area (Å²) in [4.78, 5) is 20.0. The second-order valence-corrected chi connectivity index (χ2v) is 9.81. The van der Waals surface area contributed by atoms with Gasteiger partial charge in [-0.15, -0.1) is 0 Å². The molecule has 0 spiro atoms. The van der Waals surface area contributed by atoms with Crippen molar-refractivity contribution < 1.29 is 9.90 Å². The Bertz CT molecular complexity index is 1190. The SMILES string of the molecule is CC1(CO)CCN(c2c3c(c(C(N)=O)c4nc5ccccc5n24)C2CCC3C2)CC1. The summed E-state index contributed by atoms with van der Waals surface area (Å²) in [6.07, 6.45) is 5.35. The summed E-state index contributed by atoms with van der Waals surface area (Å²) in [5, 5.41) is 9.84. The van der Waals surface area contributed by atoms with Crippen LogP contribution in [0.2, 0.25) is 0 Å². The van der Waals surface area contributed by atoms with E-state index in [-0.39, 0.29) is 17.9 Å². The van der Waals surface area contributed by atoms with E-state index in [1.54, 1.807) is 0 Å². The standard InChI is InChI=1S/C24H28N4O2/c1-24(13-29)8-10-27(11-9-24)23-19-15-7-6-14(12-15)18(19)20(21(25)30)22-26-16-4-2-3-5-17(16)28(22)23/h2-5,14-15,29H,6-13H2,1H3,(H2,25,30). The van der Waals surface area contributed by atoms with Crippen LogP contribution in [0, 0.1) is 5.41 Å². The van der Waals surface area contributed by atoms with Crippen LogP contribution in [0.1, 0.15) is 72.3 Å². The van der Waals surface area contributed by atoms with Crippen LogP contribution in [-0.4, -0.2) is 40.1 Å². The molecule has 1 amide bonds. The van der Waals surface area contributed by atoms with Crippen LogP contribution in [0.4, 0.5) is 5.82 Å². The van der Waals surface area contributed by atoms with E-state index in [2.05, 4.69) is 22.3 Å². The van der Waals surface area contributed by atoms with Gasteiger partial charge in [0.25, 0.3) is 5.91 Å². The molecule has 156 valence electrons. The van der Waals surface area contributed by atoms with Crippen molar-refractivity contribution in [1.29, 1.82) is 0 Å². The number of anilines is 1. The van der Waals surface area contributed by atoms with Crippen LogP contribution in [0.15, 0.2) is 24.3 Å². The first kappa shape index (κ1) is 18.2. The molecule has 6 nitrogen and oxygen atoms in total. The van der Waals surface area contributed by atoms with E-state index in [9.17, 15) is 9.90 Å². The lowest BCUT2D eigenvalue weighted by Crippen LogP contribution is -2.42. The Morgan fingerprint density at radius 2 is 1.90 bits per heavy atom. The Labute approximate surface area is 175 Å². The van der Waals surface area contributed by atoms with E-state index < -0.39 is 0 Å². The molecule has 1 saturated carbocycles. The Hall–Kier alpha value is -2.60. The smallest absolute Gasteiger partial charge is 0.252 e. The van der Waals surface area contributed by atoms with Gasteiger partial charge in [-0.1, -0.05) is 19.1 Å². The third-order valence-corrected chi connectivity index (χ3v) is 7.94. The fourth-order valence-electron chi connectivity index (χ4n) is 6.21. The third kappa shape index (κ3) is 2.34. The van der Waals surface area contributed by atoms with Gasteiger partial charge >= 0.3 is 0 Å². The Morgan fingerprint density at radius 1 is 1.20 bits per heavy atom. The molecule has 1 aliphatic heterocycles. The van der Waals surface area contributed by atoms with Crippen LogP contribution in [0.25, 0.3) is 16.7 Å². The predicted octanol–water partition coefficient (Wildman–Crippen LogP) is 3.55. The number of para-hydroxylation sites is 2. The number of imidazole rings is 1. The maximum atomic E-state index is 12.7. The number of carbonyl (C=O) groups is 1. The number of nitrogens with zero attached hydrogens (tertiary/aromatic N) is 3. The number of carbonyl (C=O) groups excluding carboxylic acids is 1. The fraction of sp³-hybridized carbons (Fsp3) is 0.500. The highest BCUT2D eigenvalue weighted by Crippen LogP contribution is 2.58. The van der Waals surface area contributed by atoms with Crippen molar-refractivity contribution in [2.45, 2.75) is 50.9 Å². The second-order valence-electron chi connectivity index (χ2n) is 9.81. The second kappa shape index (κ2) is 6.20. The minimum atomic E-state index is -0.364. The quantitative estimate of drug-likeness (QED) is 0.699. The lowest BCUT2D eigenvalue weighted by atomic mass is 9.81. The predicted molar refractivity (Wildman–Crippen MR) is 117 cm³/mol. The van der Waals surface area contributed by atoms with Crippen LogP contribution < -0.4 is 10.6 Å². The topological polar surface area (TPSA) is 83.9 Å². The number of aromatic nitrogens is 2. The molecule has 2 bridgehead atoms. The summed E-state index contributed by atoms with van der Waals surface area (Å²) in [7, 11) is 0. The molecule has 0 radical (unpaired) electrons. The van der Waals surface area contributed by atoms with Gasteiger partial charge in [-0.25, -0.2) is 4.98 Å². The zero-order valence-electron chi connectivity index (χ0n) is 17.4. The first-order valence-corrected chi connectivity index (χ1v) is 11.1. The molecule has 6 heteroatoms. The molecule has 2 unspecified atom stereocenters. The normalized spacial score (nSPS) is 24.7. The largest absolute Gasteiger partial charge is 0.396 e. The van der Waals surface area contributed by atoms with Crippen molar-refractivity contribution in [1.82, 2.24) is 9.38 Å². The Balaban J connectivity index is 1.67. The first-order chi connectivity index (χ1) is 14.5. The number of aliphatic hydroxyl groups is 1. The molecule has 2 aliphatic carbocycles. The van der Waals surface area contributed by atoms with E-state index in [1.807, 2.05) is 18.2 Å². The number of primary amides is 1. The molecule has 2 fully saturated rings. The van der Waals surface area contributed by atoms with Gasteiger partial charge < -0.3 is 15.7 Å². The number of hydrogen-bond acceptors (Lipinski definition) is 4. The Morgan fingerprint density at radius 3 is 2.60 bits per heavy atom. The molecule has 3 heterocycles. The van der Waals surface area contributed by atoms with E-state index in [4.69, 9.17) is 10.7 Å². The first-order valence-electron chi connectivity index (χ1n) is 11.1. The van der Waals surface area contributed by atoms with Crippen molar-refractivity contribution in [3.63, 3.8) is 0 Å². The third-order valence-electron chi connectivity index (χ3n) is 7.94. The van der Waals surface area contributed by atoms with Crippen LogP contribution in [0.3, 0.4) is 0 Å². The van der Waals surface area contributed by atoms with Gasteiger partial charge in [0, 0.05) is 25.3 Å². The van der Waals surface area contributed by atoms with Crippen molar-refractivity contribution in [3.05, 3.63) is 41.0 Å². The highest BCUT2D eigenvalue weighted by molar-refractivity contribution is 6.04. The minimum absolute atomic E-state index is 0.0119. The van der Waals surface area contributed by atoms with Crippen LogP contribution in [-0.2, 0) is 0 Å². The molecule has 3 N–H and O–H groups in total. The summed E-state index contributed by atoms with van der Waals surface area (Å²) >= 11 is 0. The molecular weight excluding hydrogens is 376 g/mol. The number of fused-ring (bicyclic) bond motifs is 8. The van der Waals surface area contributed by atoms with Gasteiger partial charge in [-0.2, -0.15) is 0 Å². The van der Waals surface area contributed by atoms with E-state index >= 15 is 0 Å². The van der Waals surface area contributed by atoms with Gasteiger partial charge in [0.1, 0.15) is 5.82 Å². The lowest BCUT2D eigenvalue weighted by molar-refractivity contribution is 0.1000. The number of benzene rings is 1. The number of amides is 1. The van der Waals surface area contributed by atoms with E-state index in [0.29, 0.717) is 23.0 Å². The van der Waals surface area contributed by atoms with Gasteiger partial charge in [0.15, 0.2) is 5.65 Å².